The molecule has 0 saturated heterocycles. The number of para-hydroxylation sites is 1. The lowest BCUT2D eigenvalue weighted by Crippen LogP contribution is -2.18. The van der Waals surface area contributed by atoms with E-state index in [0.29, 0.717) is 6.54 Å². The van der Waals surface area contributed by atoms with E-state index in [9.17, 15) is 0 Å². The molecule has 0 unspecified atom stereocenters. The summed E-state index contributed by atoms with van der Waals surface area (Å²) in [4.78, 5) is 2.19. The lowest BCUT2D eigenvalue weighted by Gasteiger charge is -2.22. The molecule has 0 aliphatic rings. The molecule has 0 aromatic heterocycles. The van der Waals surface area contributed by atoms with E-state index in [2.05, 4.69) is 30.1 Å². The number of anilines is 1. The van der Waals surface area contributed by atoms with Crippen molar-refractivity contribution in [2.24, 2.45) is 5.73 Å². The van der Waals surface area contributed by atoms with Crippen LogP contribution >= 0.6 is 11.6 Å². The first kappa shape index (κ1) is 12.9. The highest BCUT2D eigenvalue weighted by Gasteiger charge is 2.06. The Hall–Kier alpha value is -1.51. The summed E-state index contributed by atoms with van der Waals surface area (Å²) in [6, 6.07) is 16.1. The van der Waals surface area contributed by atoms with E-state index in [1.807, 2.05) is 30.3 Å². The molecule has 18 heavy (non-hydrogen) atoms. The van der Waals surface area contributed by atoms with Gasteiger partial charge in [-0.25, -0.2) is 0 Å². The van der Waals surface area contributed by atoms with Crippen molar-refractivity contribution in [3.05, 3.63) is 64.7 Å². The second-order valence-corrected chi connectivity index (χ2v) is 4.76. The number of halogens is 1. The minimum absolute atomic E-state index is 0.552. The fourth-order valence-corrected chi connectivity index (χ4v) is 2.26. The molecule has 2 rings (SSSR count). The molecule has 0 saturated carbocycles. The molecule has 0 heterocycles. The topological polar surface area (TPSA) is 29.3 Å². The molecular formula is C15H17ClN2. The molecule has 0 radical (unpaired) electrons. The van der Waals surface area contributed by atoms with Crippen LogP contribution in [-0.2, 0) is 13.1 Å². The highest BCUT2D eigenvalue weighted by molar-refractivity contribution is 6.30. The van der Waals surface area contributed by atoms with Gasteiger partial charge in [0.25, 0.3) is 0 Å². The van der Waals surface area contributed by atoms with E-state index < -0.39 is 0 Å². The quantitative estimate of drug-likeness (QED) is 0.913. The summed E-state index contributed by atoms with van der Waals surface area (Å²) in [5.74, 6) is 0. The minimum Gasteiger partial charge on any atom is -0.370 e. The van der Waals surface area contributed by atoms with Crippen LogP contribution in [-0.4, -0.2) is 7.05 Å². The second-order valence-electron chi connectivity index (χ2n) is 4.32. The van der Waals surface area contributed by atoms with E-state index in [4.69, 9.17) is 17.3 Å². The van der Waals surface area contributed by atoms with E-state index in [1.54, 1.807) is 0 Å². The fourth-order valence-electron chi connectivity index (χ4n) is 2.05. The molecule has 0 aliphatic carbocycles. The lowest BCUT2D eigenvalue weighted by molar-refractivity contribution is 0.904. The van der Waals surface area contributed by atoms with Crippen LogP contribution in [0.25, 0.3) is 0 Å². The van der Waals surface area contributed by atoms with Gasteiger partial charge in [-0.3, -0.25) is 0 Å². The van der Waals surface area contributed by atoms with Crippen LogP contribution in [0.1, 0.15) is 11.1 Å². The summed E-state index contributed by atoms with van der Waals surface area (Å²) in [6.45, 7) is 1.37. The molecule has 2 aromatic carbocycles. The summed E-state index contributed by atoms with van der Waals surface area (Å²) in [7, 11) is 2.06. The number of nitrogens with zero attached hydrogens (tertiary/aromatic N) is 1. The Morgan fingerprint density at radius 1 is 1.11 bits per heavy atom. The Bertz CT molecular complexity index is 525. The fraction of sp³-hybridized carbons (Fsp3) is 0.200. The Morgan fingerprint density at radius 2 is 1.89 bits per heavy atom. The first-order valence-corrected chi connectivity index (χ1v) is 6.32. The van der Waals surface area contributed by atoms with Crippen LogP contribution in [0.2, 0.25) is 5.02 Å². The van der Waals surface area contributed by atoms with E-state index in [0.717, 1.165) is 17.1 Å². The predicted molar refractivity (Wildman–Crippen MR) is 77.9 cm³/mol. The third kappa shape index (κ3) is 3.03. The van der Waals surface area contributed by atoms with Gasteiger partial charge in [0.2, 0.25) is 0 Å². The summed E-state index contributed by atoms with van der Waals surface area (Å²) < 4.78 is 0. The van der Waals surface area contributed by atoms with Crippen LogP contribution in [0, 0.1) is 0 Å². The van der Waals surface area contributed by atoms with Crippen molar-refractivity contribution in [2.75, 3.05) is 11.9 Å². The first-order chi connectivity index (χ1) is 8.70. The van der Waals surface area contributed by atoms with Gasteiger partial charge in [-0.15, -0.1) is 0 Å². The number of hydrogen-bond acceptors (Lipinski definition) is 2. The highest BCUT2D eigenvalue weighted by Crippen LogP contribution is 2.21. The van der Waals surface area contributed by atoms with E-state index in [-0.39, 0.29) is 0 Å². The zero-order valence-electron chi connectivity index (χ0n) is 10.4. The summed E-state index contributed by atoms with van der Waals surface area (Å²) >= 11 is 5.99. The van der Waals surface area contributed by atoms with Gasteiger partial charge in [0, 0.05) is 30.8 Å². The summed E-state index contributed by atoms with van der Waals surface area (Å²) in [5, 5.41) is 0.771. The maximum atomic E-state index is 5.99. The Labute approximate surface area is 113 Å². The normalized spacial score (nSPS) is 10.4. The van der Waals surface area contributed by atoms with Crippen molar-refractivity contribution < 1.29 is 0 Å². The SMILES string of the molecule is CN(Cc1cccc(Cl)c1)c1ccccc1CN. The largest absolute Gasteiger partial charge is 0.370 e. The van der Waals surface area contributed by atoms with Crippen LogP contribution in [0.15, 0.2) is 48.5 Å². The van der Waals surface area contributed by atoms with Crippen LogP contribution < -0.4 is 10.6 Å². The van der Waals surface area contributed by atoms with E-state index >= 15 is 0 Å². The molecule has 94 valence electrons. The maximum Gasteiger partial charge on any atom is 0.0426 e. The average molecular weight is 261 g/mol. The van der Waals surface area contributed by atoms with Crippen LogP contribution in [0.4, 0.5) is 5.69 Å². The van der Waals surface area contributed by atoms with Crippen molar-refractivity contribution in [1.29, 1.82) is 0 Å². The van der Waals surface area contributed by atoms with Gasteiger partial charge >= 0.3 is 0 Å². The molecular weight excluding hydrogens is 244 g/mol. The molecule has 0 spiro atoms. The molecule has 2 nitrogen and oxygen atoms in total. The average Bonchev–Trinajstić information content (AvgIpc) is 2.38. The summed E-state index contributed by atoms with van der Waals surface area (Å²) in [6.07, 6.45) is 0. The smallest absolute Gasteiger partial charge is 0.0426 e. The van der Waals surface area contributed by atoms with Crippen LogP contribution in [0.5, 0.6) is 0 Å². The van der Waals surface area contributed by atoms with Gasteiger partial charge in [0.15, 0.2) is 0 Å². The molecule has 0 amide bonds. The van der Waals surface area contributed by atoms with Gasteiger partial charge in [0.05, 0.1) is 0 Å². The number of benzene rings is 2. The van der Waals surface area contributed by atoms with Crippen molar-refractivity contribution in [3.63, 3.8) is 0 Å². The standard InChI is InChI=1S/C15H17ClN2/c1-18(11-12-5-4-7-14(16)9-12)15-8-3-2-6-13(15)10-17/h2-9H,10-11,17H2,1H3. The highest BCUT2D eigenvalue weighted by atomic mass is 35.5. The number of hydrogen-bond donors (Lipinski definition) is 1. The first-order valence-electron chi connectivity index (χ1n) is 5.94. The van der Waals surface area contributed by atoms with Crippen molar-refractivity contribution in [3.8, 4) is 0 Å². The predicted octanol–water partition coefficient (Wildman–Crippen LogP) is 3.44. The van der Waals surface area contributed by atoms with Crippen molar-refractivity contribution in [1.82, 2.24) is 0 Å². The Morgan fingerprint density at radius 3 is 2.61 bits per heavy atom. The molecule has 0 atom stereocenters. The second kappa shape index (κ2) is 5.89. The number of rotatable bonds is 4. The Balaban J connectivity index is 2.19. The number of nitrogens with two attached hydrogens (primary N) is 1. The lowest BCUT2D eigenvalue weighted by atomic mass is 10.1. The zero-order chi connectivity index (χ0) is 13.0. The molecule has 2 aromatic rings. The van der Waals surface area contributed by atoms with Gasteiger partial charge in [-0.1, -0.05) is 41.9 Å². The van der Waals surface area contributed by atoms with Crippen LogP contribution in [0.3, 0.4) is 0 Å². The third-order valence-electron chi connectivity index (χ3n) is 2.93. The van der Waals surface area contributed by atoms with Crippen molar-refractivity contribution >= 4 is 17.3 Å². The Kier molecular flexibility index (Phi) is 4.24. The maximum absolute atomic E-state index is 5.99. The molecule has 0 bridgehead atoms. The van der Waals surface area contributed by atoms with Gasteiger partial charge < -0.3 is 10.6 Å². The summed E-state index contributed by atoms with van der Waals surface area (Å²) in [5.41, 5.74) is 9.27. The third-order valence-corrected chi connectivity index (χ3v) is 3.17. The monoisotopic (exact) mass is 260 g/mol. The molecule has 2 N–H and O–H groups in total. The van der Waals surface area contributed by atoms with Gasteiger partial charge in [0.1, 0.15) is 0 Å². The van der Waals surface area contributed by atoms with Crippen molar-refractivity contribution in [2.45, 2.75) is 13.1 Å². The molecule has 0 aliphatic heterocycles. The molecule has 3 heteroatoms. The zero-order valence-corrected chi connectivity index (χ0v) is 11.2. The van der Waals surface area contributed by atoms with E-state index in [1.165, 1.54) is 11.3 Å². The molecule has 0 fully saturated rings. The van der Waals surface area contributed by atoms with Gasteiger partial charge in [-0.2, -0.15) is 0 Å². The van der Waals surface area contributed by atoms with Gasteiger partial charge in [-0.05, 0) is 29.3 Å². The minimum atomic E-state index is 0.552.